The maximum absolute atomic E-state index is 12.6. The summed E-state index contributed by atoms with van der Waals surface area (Å²) in [5.41, 5.74) is 3.94. The lowest BCUT2D eigenvalue weighted by atomic mass is 10.1. The molecule has 8 nitrogen and oxygen atoms in total. The minimum atomic E-state index is -0.882. The topological polar surface area (TPSA) is 114 Å². The number of nitriles is 1. The fourth-order valence-corrected chi connectivity index (χ4v) is 3.65. The summed E-state index contributed by atoms with van der Waals surface area (Å²) in [5.74, 6) is -1.91. The minimum absolute atomic E-state index is 0.170. The van der Waals surface area contributed by atoms with Crippen LogP contribution in [0, 0.1) is 39.0 Å². The summed E-state index contributed by atoms with van der Waals surface area (Å²) >= 11 is 0. The average Bonchev–Trinajstić information content (AvgIpc) is 3.19. The third kappa shape index (κ3) is 5.17. The number of H-pyrrole nitrogens is 1. The van der Waals surface area contributed by atoms with E-state index in [1.165, 1.54) is 6.08 Å². The average molecular weight is 440 g/mol. The molecular weight excluding hydrogens is 410 g/mol. The van der Waals surface area contributed by atoms with Gasteiger partial charge >= 0.3 is 11.9 Å². The first-order valence-electron chi connectivity index (χ1n) is 10.5. The number of ether oxygens (including phenoxy) is 2. The van der Waals surface area contributed by atoms with Gasteiger partial charge in [0, 0.05) is 23.6 Å². The molecule has 1 N–H and O–H groups in total. The molecular formula is C24H29N3O5. The Balaban J connectivity index is 2.16. The number of rotatable bonds is 9. The zero-order chi connectivity index (χ0) is 24.0. The second-order valence-corrected chi connectivity index (χ2v) is 7.49. The van der Waals surface area contributed by atoms with Gasteiger partial charge in [-0.15, -0.1) is 0 Å². The van der Waals surface area contributed by atoms with Crippen LogP contribution < -0.4 is 0 Å². The molecule has 8 heteroatoms. The molecule has 0 spiro atoms. The molecule has 0 atom stereocenters. The van der Waals surface area contributed by atoms with Gasteiger partial charge in [-0.05, 0) is 64.3 Å². The van der Waals surface area contributed by atoms with Crippen LogP contribution in [-0.4, -0.2) is 40.5 Å². The summed E-state index contributed by atoms with van der Waals surface area (Å²) in [7, 11) is 0. The van der Waals surface area contributed by atoms with Gasteiger partial charge in [-0.2, -0.15) is 5.26 Å². The summed E-state index contributed by atoms with van der Waals surface area (Å²) in [6.45, 7) is 11.4. The molecule has 170 valence electrons. The molecule has 0 saturated heterocycles. The van der Waals surface area contributed by atoms with E-state index in [1.54, 1.807) is 20.8 Å². The van der Waals surface area contributed by atoms with Crippen LogP contribution in [0.4, 0.5) is 0 Å². The van der Waals surface area contributed by atoms with Crippen LogP contribution in [0.3, 0.4) is 0 Å². The van der Waals surface area contributed by atoms with Gasteiger partial charge in [0.2, 0.25) is 5.78 Å². The Labute approximate surface area is 187 Å². The molecule has 2 aromatic heterocycles. The van der Waals surface area contributed by atoms with Gasteiger partial charge in [-0.1, -0.05) is 6.92 Å². The van der Waals surface area contributed by atoms with E-state index in [4.69, 9.17) is 9.47 Å². The van der Waals surface area contributed by atoms with Crippen LogP contribution >= 0.6 is 0 Å². The number of carbonyl (C=O) groups is 3. The molecule has 0 fully saturated rings. The zero-order valence-corrected chi connectivity index (χ0v) is 19.4. The zero-order valence-electron chi connectivity index (χ0n) is 19.4. The number of nitrogens with zero attached hydrogens (tertiary/aromatic N) is 2. The van der Waals surface area contributed by atoms with Crippen molar-refractivity contribution in [3.8, 4) is 6.07 Å². The SMILES string of the molecule is CCCn1c(C)cc(/C=C(\C#N)C(=O)OCC(=O)c2[nH]c(C)c(C(=O)OCC)c2C)c1C. The van der Waals surface area contributed by atoms with Crippen molar-refractivity contribution in [3.05, 3.63) is 51.1 Å². The van der Waals surface area contributed by atoms with Crippen LogP contribution in [0.2, 0.25) is 0 Å². The number of aromatic nitrogens is 2. The number of aromatic amines is 1. The number of hydrogen-bond donors (Lipinski definition) is 1. The maximum atomic E-state index is 12.6. The fraction of sp³-hybridized carbons (Fsp3) is 0.417. The van der Waals surface area contributed by atoms with E-state index in [-0.39, 0.29) is 17.9 Å². The van der Waals surface area contributed by atoms with E-state index in [0.29, 0.717) is 16.8 Å². The largest absolute Gasteiger partial charge is 0.462 e. The van der Waals surface area contributed by atoms with E-state index in [2.05, 4.69) is 16.5 Å². The van der Waals surface area contributed by atoms with Crippen molar-refractivity contribution in [3.63, 3.8) is 0 Å². The van der Waals surface area contributed by atoms with Gasteiger partial charge in [-0.3, -0.25) is 4.79 Å². The van der Waals surface area contributed by atoms with Crippen LogP contribution in [0.25, 0.3) is 6.08 Å². The Morgan fingerprint density at radius 1 is 1.16 bits per heavy atom. The molecule has 0 aliphatic heterocycles. The van der Waals surface area contributed by atoms with Crippen molar-refractivity contribution in [2.45, 2.75) is 54.5 Å². The van der Waals surface area contributed by atoms with Gasteiger partial charge < -0.3 is 19.0 Å². The van der Waals surface area contributed by atoms with E-state index in [1.807, 2.05) is 26.0 Å². The lowest BCUT2D eigenvalue weighted by Gasteiger charge is -2.07. The molecule has 32 heavy (non-hydrogen) atoms. The van der Waals surface area contributed by atoms with E-state index in [0.717, 1.165) is 29.9 Å². The van der Waals surface area contributed by atoms with Gasteiger partial charge in [-0.25, -0.2) is 9.59 Å². The van der Waals surface area contributed by atoms with E-state index in [9.17, 15) is 19.6 Å². The quantitative estimate of drug-likeness (QED) is 0.274. The third-order valence-electron chi connectivity index (χ3n) is 5.23. The lowest BCUT2D eigenvalue weighted by Crippen LogP contribution is -2.16. The minimum Gasteiger partial charge on any atom is -0.462 e. The highest BCUT2D eigenvalue weighted by Gasteiger charge is 2.24. The number of nitrogens with one attached hydrogen (secondary N) is 1. The first kappa shape index (κ1) is 24.7. The molecule has 2 aromatic rings. The molecule has 0 aliphatic rings. The number of ketones is 1. The van der Waals surface area contributed by atoms with Gasteiger partial charge in [0.25, 0.3) is 0 Å². The maximum Gasteiger partial charge on any atom is 0.349 e. The predicted octanol–water partition coefficient (Wildman–Crippen LogP) is 3.97. The van der Waals surface area contributed by atoms with Crippen molar-refractivity contribution < 1.29 is 23.9 Å². The first-order valence-corrected chi connectivity index (χ1v) is 10.5. The number of Topliss-reactive ketones (excluding diaryl/α,β-unsaturated/α-hetero) is 1. The lowest BCUT2D eigenvalue weighted by molar-refractivity contribution is -0.137. The summed E-state index contributed by atoms with van der Waals surface area (Å²) < 4.78 is 12.2. The number of hydrogen-bond acceptors (Lipinski definition) is 6. The van der Waals surface area contributed by atoms with Crippen molar-refractivity contribution >= 4 is 23.8 Å². The summed E-state index contributed by atoms with van der Waals surface area (Å²) in [4.78, 5) is 40.0. The highest BCUT2D eigenvalue weighted by Crippen LogP contribution is 2.21. The Morgan fingerprint density at radius 2 is 1.84 bits per heavy atom. The predicted molar refractivity (Wildman–Crippen MR) is 119 cm³/mol. The number of carbonyl (C=O) groups excluding carboxylic acids is 3. The summed E-state index contributed by atoms with van der Waals surface area (Å²) in [6.07, 6.45) is 2.44. The Morgan fingerprint density at radius 3 is 2.44 bits per heavy atom. The molecule has 0 saturated carbocycles. The Hall–Kier alpha value is -3.60. The van der Waals surface area contributed by atoms with Crippen molar-refractivity contribution in [1.82, 2.24) is 9.55 Å². The molecule has 0 aromatic carbocycles. The molecule has 0 radical (unpaired) electrons. The van der Waals surface area contributed by atoms with Gasteiger partial charge in [0.15, 0.2) is 6.61 Å². The Bertz CT molecular complexity index is 1110. The molecule has 0 amide bonds. The molecule has 2 heterocycles. The van der Waals surface area contributed by atoms with Crippen LogP contribution in [0.1, 0.15) is 69.3 Å². The molecule has 0 bridgehead atoms. The standard InChI is InChI=1S/C24H29N3O5/c1-7-9-27-14(3)10-18(17(27)6)11-19(12-25)23(29)32-13-20(28)22-15(4)21(16(5)26-22)24(30)31-8-2/h10-11,26H,7-9,13H2,1-6H3/b19-11+. The van der Waals surface area contributed by atoms with Gasteiger partial charge in [0.05, 0.1) is 17.9 Å². The van der Waals surface area contributed by atoms with Crippen LogP contribution in [0.15, 0.2) is 11.6 Å². The van der Waals surface area contributed by atoms with Crippen molar-refractivity contribution in [2.75, 3.05) is 13.2 Å². The van der Waals surface area contributed by atoms with Crippen LogP contribution in [-0.2, 0) is 20.8 Å². The van der Waals surface area contributed by atoms with Crippen molar-refractivity contribution in [2.24, 2.45) is 0 Å². The van der Waals surface area contributed by atoms with E-state index < -0.39 is 24.3 Å². The molecule has 0 aliphatic carbocycles. The first-order chi connectivity index (χ1) is 15.2. The normalized spacial score (nSPS) is 11.2. The summed E-state index contributed by atoms with van der Waals surface area (Å²) in [5, 5.41) is 9.44. The number of aryl methyl sites for hydroxylation is 2. The monoisotopic (exact) mass is 439 g/mol. The second-order valence-electron chi connectivity index (χ2n) is 7.49. The van der Waals surface area contributed by atoms with Gasteiger partial charge in [0.1, 0.15) is 11.6 Å². The number of esters is 2. The highest BCUT2D eigenvalue weighted by molar-refractivity contribution is 6.04. The summed E-state index contributed by atoms with van der Waals surface area (Å²) in [6, 6.07) is 3.76. The molecule has 2 rings (SSSR count). The molecule has 0 unspecified atom stereocenters. The second kappa shape index (κ2) is 10.6. The fourth-order valence-electron chi connectivity index (χ4n) is 3.65. The smallest absolute Gasteiger partial charge is 0.349 e. The van der Waals surface area contributed by atoms with Crippen molar-refractivity contribution in [1.29, 1.82) is 5.26 Å². The van der Waals surface area contributed by atoms with Crippen LogP contribution in [0.5, 0.6) is 0 Å². The Kier molecular flexibility index (Phi) is 8.19. The highest BCUT2D eigenvalue weighted by atomic mass is 16.5. The van der Waals surface area contributed by atoms with E-state index >= 15 is 0 Å². The third-order valence-corrected chi connectivity index (χ3v) is 5.23.